The van der Waals surface area contributed by atoms with Crippen molar-refractivity contribution < 1.29 is 9.90 Å². The van der Waals surface area contributed by atoms with E-state index in [9.17, 15) is 4.79 Å². The smallest absolute Gasteiger partial charge is 0.354 e. The lowest BCUT2D eigenvalue weighted by Crippen LogP contribution is -2.12. The van der Waals surface area contributed by atoms with E-state index in [0.717, 1.165) is 0 Å². The molecular formula is C8H6ClNO2. The molecule has 0 aliphatic heterocycles. The predicted molar refractivity (Wildman–Crippen MR) is 45.9 cm³/mol. The third-order valence-electron chi connectivity index (χ3n) is 1.35. The summed E-state index contributed by atoms with van der Waals surface area (Å²) >= 11 is 5.58. The highest BCUT2D eigenvalue weighted by Crippen LogP contribution is 2.09. The second-order valence-electron chi connectivity index (χ2n) is 2.19. The first-order chi connectivity index (χ1) is 5.61. The lowest BCUT2D eigenvalue weighted by atomic mass is 10.1. The van der Waals surface area contributed by atoms with Gasteiger partial charge in [0, 0.05) is 10.6 Å². The van der Waals surface area contributed by atoms with Gasteiger partial charge in [-0.2, -0.15) is 0 Å². The zero-order valence-electron chi connectivity index (χ0n) is 6.04. The van der Waals surface area contributed by atoms with Crippen molar-refractivity contribution in [1.29, 1.82) is 5.41 Å². The van der Waals surface area contributed by atoms with Crippen LogP contribution in [0, 0.1) is 5.41 Å². The Balaban J connectivity index is 2.98. The molecule has 1 aromatic carbocycles. The second kappa shape index (κ2) is 3.36. The SMILES string of the molecule is N=C(C(=O)O)c1ccc(Cl)cc1. The van der Waals surface area contributed by atoms with Gasteiger partial charge >= 0.3 is 5.97 Å². The summed E-state index contributed by atoms with van der Waals surface area (Å²) in [4.78, 5) is 10.3. The van der Waals surface area contributed by atoms with Crippen LogP contribution in [-0.2, 0) is 4.79 Å². The van der Waals surface area contributed by atoms with Gasteiger partial charge in [-0.3, -0.25) is 5.41 Å². The van der Waals surface area contributed by atoms with Crippen LogP contribution in [-0.4, -0.2) is 16.8 Å². The lowest BCUT2D eigenvalue weighted by Gasteiger charge is -1.97. The highest BCUT2D eigenvalue weighted by Gasteiger charge is 2.08. The van der Waals surface area contributed by atoms with Crippen LogP contribution in [0.5, 0.6) is 0 Å². The molecule has 0 aliphatic carbocycles. The summed E-state index contributed by atoms with van der Waals surface area (Å²) in [6.45, 7) is 0. The van der Waals surface area contributed by atoms with E-state index in [1.807, 2.05) is 0 Å². The van der Waals surface area contributed by atoms with Crippen LogP contribution in [0.25, 0.3) is 0 Å². The maximum absolute atomic E-state index is 10.3. The molecule has 3 nitrogen and oxygen atoms in total. The normalized spacial score (nSPS) is 9.42. The maximum Gasteiger partial charge on any atom is 0.354 e. The van der Waals surface area contributed by atoms with Gasteiger partial charge in [-0.1, -0.05) is 23.7 Å². The minimum absolute atomic E-state index is 0.354. The van der Waals surface area contributed by atoms with Crippen molar-refractivity contribution in [3.05, 3.63) is 34.9 Å². The van der Waals surface area contributed by atoms with Crippen LogP contribution in [0.4, 0.5) is 0 Å². The molecule has 0 atom stereocenters. The van der Waals surface area contributed by atoms with Gasteiger partial charge in [0.2, 0.25) is 0 Å². The Morgan fingerprint density at radius 3 is 2.25 bits per heavy atom. The van der Waals surface area contributed by atoms with Gasteiger partial charge in [0.05, 0.1) is 0 Å². The first kappa shape index (κ1) is 8.74. The van der Waals surface area contributed by atoms with E-state index in [4.69, 9.17) is 22.1 Å². The number of nitrogens with one attached hydrogen (secondary N) is 1. The number of carbonyl (C=O) groups is 1. The van der Waals surface area contributed by atoms with Gasteiger partial charge in [-0.15, -0.1) is 0 Å². The molecule has 0 aliphatic rings. The second-order valence-corrected chi connectivity index (χ2v) is 2.62. The molecule has 0 unspecified atom stereocenters. The Hall–Kier alpha value is -1.35. The van der Waals surface area contributed by atoms with Gasteiger partial charge < -0.3 is 5.11 Å². The molecule has 0 saturated heterocycles. The number of carboxylic acid groups (broad SMARTS) is 1. The molecule has 0 amide bonds. The Morgan fingerprint density at radius 2 is 1.83 bits per heavy atom. The minimum atomic E-state index is -1.24. The summed E-state index contributed by atoms with van der Waals surface area (Å²) in [7, 11) is 0. The van der Waals surface area contributed by atoms with Gasteiger partial charge in [0.25, 0.3) is 0 Å². The van der Waals surface area contributed by atoms with Gasteiger partial charge in [-0.05, 0) is 12.1 Å². The average molecular weight is 184 g/mol. The molecule has 2 N–H and O–H groups in total. The molecule has 4 heteroatoms. The van der Waals surface area contributed by atoms with Crippen LogP contribution in [0.3, 0.4) is 0 Å². The van der Waals surface area contributed by atoms with E-state index in [1.54, 1.807) is 12.1 Å². The lowest BCUT2D eigenvalue weighted by molar-refractivity contribution is -0.129. The maximum atomic E-state index is 10.3. The molecule has 0 spiro atoms. The van der Waals surface area contributed by atoms with Crippen LogP contribution in [0.2, 0.25) is 5.02 Å². The zero-order chi connectivity index (χ0) is 9.14. The van der Waals surface area contributed by atoms with Crippen molar-refractivity contribution in [3.63, 3.8) is 0 Å². The number of aliphatic carboxylic acids is 1. The summed E-state index contributed by atoms with van der Waals surface area (Å²) in [6.07, 6.45) is 0. The Bertz CT molecular complexity index is 318. The molecule has 62 valence electrons. The molecule has 1 rings (SSSR count). The van der Waals surface area contributed by atoms with Crippen molar-refractivity contribution >= 4 is 23.3 Å². The highest BCUT2D eigenvalue weighted by molar-refractivity contribution is 6.41. The molecule has 12 heavy (non-hydrogen) atoms. The summed E-state index contributed by atoms with van der Waals surface area (Å²) in [6, 6.07) is 6.10. The van der Waals surface area contributed by atoms with E-state index in [-0.39, 0.29) is 0 Å². The fourth-order valence-corrected chi connectivity index (χ4v) is 0.866. The van der Waals surface area contributed by atoms with E-state index in [2.05, 4.69) is 0 Å². The highest BCUT2D eigenvalue weighted by atomic mass is 35.5. The predicted octanol–water partition coefficient (Wildman–Crippen LogP) is 1.79. The average Bonchev–Trinajstić information content (AvgIpc) is 2.04. The molecule has 0 fully saturated rings. The monoisotopic (exact) mass is 183 g/mol. The first-order valence-corrected chi connectivity index (χ1v) is 3.57. The summed E-state index contributed by atoms with van der Waals surface area (Å²) < 4.78 is 0. The Labute approximate surface area is 74.1 Å². The van der Waals surface area contributed by atoms with E-state index >= 15 is 0 Å². The van der Waals surface area contributed by atoms with Crippen molar-refractivity contribution in [2.75, 3.05) is 0 Å². The molecule has 0 bridgehead atoms. The quantitative estimate of drug-likeness (QED) is 0.687. The minimum Gasteiger partial charge on any atom is -0.477 e. The standard InChI is InChI=1S/C8H6ClNO2/c9-6-3-1-5(2-4-6)7(10)8(11)12/h1-4,10H,(H,11,12). The van der Waals surface area contributed by atoms with Crippen molar-refractivity contribution in [1.82, 2.24) is 0 Å². The largest absolute Gasteiger partial charge is 0.477 e. The van der Waals surface area contributed by atoms with Crippen molar-refractivity contribution in [3.8, 4) is 0 Å². The van der Waals surface area contributed by atoms with Crippen LogP contribution in [0.1, 0.15) is 5.56 Å². The first-order valence-electron chi connectivity index (χ1n) is 3.19. The summed E-state index contributed by atoms with van der Waals surface area (Å²) in [5, 5.41) is 16.1. The molecule has 0 heterocycles. The van der Waals surface area contributed by atoms with E-state index in [1.165, 1.54) is 12.1 Å². The van der Waals surface area contributed by atoms with Gasteiger partial charge in [0.1, 0.15) is 5.71 Å². The molecular weight excluding hydrogens is 178 g/mol. The molecule has 0 saturated carbocycles. The topological polar surface area (TPSA) is 61.2 Å². The van der Waals surface area contributed by atoms with Crippen LogP contribution >= 0.6 is 11.6 Å². The Morgan fingerprint density at radius 1 is 1.33 bits per heavy atom. The summed E-state index contributed by atoms with van der Waals surface area (Å²) in [5.74, 6) is -1.24. The van der Waals surface area contributed by atoms with E-state index < -0.39 is 11.7 Å². The molecule has 0 aromatic heterocycles. The third kappa shape index (κ3) is 1.83. The number of hydrogen-bond donors (Lipinski definition) is 2. The fourth-order valence-electron chi connectivity index (χ4n) is 0.740. The summed E-state index contributed by atoms with van der Waals surface area (Å²) in [5.41, 5.74) is -0.0708. The van der Waals surface area contributed by atoms with E-state index in [0.29, 0.717) is 10.6 Å². The van der Waals surface area contributed by atoms with Crippen LogP contribution in [0.15, 0.2) is 24.3 Å². The molecule has 0 radical (unpaired) electrons. The molecule has 1 aromatic rings. The zero-order valence-corrected chi connectivity index (χ0v) is 6.80. The number of rotatable bonds is 2. The number of hydrogen-bond acceptors (Lipinski definition) is 2. The number of halogens is 1. The van der Waals surface area contributed by atoms with Crippen LogP contribution < -0.4 is 0 Å². The van der Waals surface area contributed by atoms with Crippen molar-refractivity contribution in [2.24, 2.45) is 0 Å². The van der Waals surface area contributed by atoms with Crippen molar-refractivity contribution in [2.45, 2.75) is 0 Å². The number of benzene rings is 1. The van der Waals surface area contributed by atoms with Gasteiger partial charge in [-0.25, -0.2) is 4.79 Å². The Kier molecular flexibility index (Phi) is 2.45. The fraction of sp³-hybridized carbons (Fsp3) is 0. The third-order valence-corrected chi connectivity index (χ3v) is 1.60. The van der Waals surface area contributed by atoms with Gasteiger partial charge in [0.15, 0.2) is 0 Å². The number of carboxylic acids is 1.